The van der Waals surface area contributed by atoms with E-state index < -0.39 is 0 Å². The fourth-order valence-electron chi connectivity index (χ4n) is 8.20. The lowest BCUT2D eigenvalue weighted by Gasteiger charge is -2.12. The van der Waals surface area contributed by atoms with Crippen LogP contribution in [0.3, 0.4) is 0 Å². The lowest BCUT2D eigenvalue weighted by Crippen LogP contribution is -2.00. The Morgan fingerprint density at radius 3 is 1.62 bits per heavy atom. The van der Waals surface area contributed by atoms with Crippen molar-refractivity contribution in [3.05, 3.63) is 206 Å². The van der Waals surface area contributed by atoms with Crippen molar-refractivity contribution in [2.24, 2.45) is 0 Å². The number of hydrogen-bond donors (Lipinski definition) is 0. The molecule has 0 spiro atoms. The Bertz CT molecular complexity index is 3430. The molecule has 11 aromatic rings. The molecule has 0 bridgehead atoms. The van der Waals surface area contributed by atoms with Crippen LogP contribution in [0.1, 0.15) is 5.56 Å². The quantitative estimate of drug-likeness (QED) is 0.150. The van der Waals surface area contributed by atoms with Crippen molar-refractivity contribution in [2.75, 3.05) is 0 Å². The second-order valence-corrected chi connectivity index (χ2v) is 15.2. The summed E-state index contributed by atoms with van der Waals surface area (Å²) < 4.78 is 0. The monoisotopic (exact) mass is 780 g/mol. The Balaban J connectivity index is 0.986. The van der Waals surface area contributed by atoms with E-state index >= 15 is 0 Å². The number of benzene rings is 7. The largest absolute Gasteiger partial charge is 0.264 e. The average Bonchev–Trinajstić information content (AvgIpc) is 3.34. The maximum Gasteiger partial charge on any atom is 0.164 e. The van der Waals surface area contributed by atoms with Crippen LogP contribution in [-0.4, -0.2) is 29.9 Å². The van der Waals surface area contributed by atoms with Gasteiger partial charge in [-0.1, -0.05) is 152 Å². The number of fused-ring (bicyclic) bond motifs is 4. The van der Waals surface area contributed by atoms with Gasteiger partial charge in [-0.25, -0.2) is 24.9 Å². The SMILES string of the molecule is Cc1cc(-c2cccc(-c3cccc(-c4nc(-c5ccccc5)nc(-c5cccc(-c6cccc7cnccc67)c5)n4)c3)c2)nc2c1ccc1ccc(-c3ccccc3)nc12. The molecule has 286 valence electrons. The average molecular weight is 781 g/mol. The molecule has 0 N–H and O–H groups in total. The number of pyridine rings is 3. The molecule has 0 atom stereocenters. The summed E-state index contributed by atoms with van der Waals surface area (Å²) in [7, 11) is 0. The number of aryl methyl sites for hydroxylation is 1. The van der Waals surface area contributed by atoms with Crippen LogP contribution in [-0.2, 0) is 0 Å². The van der Waals surface area contributed by atoms with Gasteiger partial charge in [0.25, 0.3) is 0 Å². The number of nitrogens with zero attached hydrogens (tertiary/aromatic N) is 6. The van der Waals surface area contributed by atoms with Crippen LogP contribution in [0, 0.1) is 6.92 Å². The van der Waals surface area contributed by atoms with Crippen molar-refractivity contribution >= 4 is 32.6 Å². The second-order valence-electron chi connectivity index (χ2n) is 15.2. The van der Waals surface area contributed by atoms with Gasteiger partial charge in [0.15, 0.2) is 17.5 Å². The van der Waals surface area contributed by atoms with Gasteiger partial charge in [0.05, 0.1) is 22.4 Å². The Labute approximate surface area is 353 Å². The Morgan fingerprint density at radius 1 is 0.328 bits per heavy atom. The summed E-state index contributed by atoms with van der Waals surface area (Å²) in [6, 6.07) is 64.9. The Hall–Kier alpha value is -8.22. The van der Waals surface area contributed by atoms with Gasteiger partial charge in [0, 0.05) is 56.4 Å². The normalized spacial score (nSPS) is 11.4. The summed E-state index contributed by atoms with van der Waals surface area (Å²) in [5.41, 5.74) is 13.9. The summed E-state index contributed by atoms with van der Waals surface area (Å²) >= 11 is 0. The van der Waals surface area contributed by atoms with Crippen molar-refractivity contribution in [2.45, 2.75) is 6.92 Å². The van der Waals surface area contributed by atoms with Crippen LogP contribution in [0.15, 0.2) is 200 Å². The standard InChI is InChI=1S/C55H36N6/c1-35-30-50(58-52-46(35)26-24-37-25-27-49(57-51(37)52)36-12-4-2-5-13-36)42-19-8-16-39(31-42)40-17-9-20-43(32-40)54-59-53(38-14-6-3-7-15-38)60-55(61-54)44-21-10-18-41(33-44)47-23-11-22-45-34-56-29-28-48(45)47/h2-34H,1H3. The highest BCUT2D eigenvalue weighted by Crippen LogP contribution is 2.35. The van der Waals surface area contributed by atoms with E-state index in [1.807, 2.05) is 60.9 Å². The van der Waals surface area contributed by atoms with Gasteiger partial charge >= 0.3 is 0 Å². The molecule has 61 heavy (non-hydrogen) atoms. The summed E-state index contributed by atoms with van der Waals surface area (Å²) in [5, 5.41) is 4.40. The third kappa shape index (κ3) is 6.86. The van der Waals surface area contributed by atoms with Crippen molar-refractivity contribution in [1.29, 1.82) is 0 Å². The zero-order chi connectivity index (χ0) is 40.7. The minimum absolute atomic E-state index is 0.601. The van der Waals surface area contributed by atoms with E-state index in [-0.39, 0.29) is 0 Å². The number of aromatic nitrogens is 6. The molecule has 11 rings (SSSR count). The molecule has 6 nitrogen and oxygen atoms in total. The van der Waals surface area contributed by atoms with Gasteiger partial charge in [-0.3, -0.25) is 4.98 Å². The topological polar surface area (TPSA) is 77.3 Å². The second kappa shape index (κ2) is 15.2. The third-order valence-corrected chi connectivity index (χ3v) is 11.3. The van der Waals surface area contributed by atoms with Gasteiger partial charge in [0.2, 0.25) is 0 Å². The smallest absolute Gasteiger partial charge is 0.164 e. The van der Waals surface area contributed by atoms with Gasteiger partial charge in [-0.05, 0) is 76.5 Å². The molecule has 0 saturated heterocycles. The van der Waals surface area contributed by atoms with E-state index in [1.54, 1.807) is 0 Å². The highest BCUT2D eigenvalue weighted by Gasteiger charge is 2.16. The zero-order valence-electron chi connectivity index (χ0n) is 33.2. The first kappa shape index (κ1) is 35.9. The Morgan fingerprint density at radius 2 is 0.885 bits per heavy atom. The Kier molecular flexibility index (Phi) is 8.94. The van der Waals surface area contributed by atoms with Crippen molar-refractivity contribution in [1.82, 2.24) is 29.9 Å². The van der Waals surface area contributed by atoms with E-state index in [4.69, 9.17) is 24.9 Å². The minimum atomic E-state index is 0.601. The minimum Gasteiger partial charge on any atom is -0.264 e. The number of rotatable bonds is 7. The van der Waals surface area contributed by atoms with E-state index in [1.165, 1.54) is 0 Å². The van der Waals surface area contributed by atoms with Gasteiger partial charge in [-0.2, -0.15) is 0 Å². The maximum absolute atomic E-state index is 5.29. The highest BCUT2D eigenvalue weighted by atomic mass is 15.0. The fourth-order valence-corrected chi connectivity index (χ4v) is 8.20. The first-order valence-corrected chi connectivity index (χ1v) is 20.3. The fraction of sp³-hybridized carbons (Fsp3) is 0.0182. The van der Waals surface area contributed by atoms with Crippen LogP contribution in [0.5, 0.6) is 0 Å². The van der Waals surface area contributed by atoms with Crippen molar-refractivity contribution in [3.8, 4) is 78.9 Å². The first-order chi connectivity index (χ1) is 30.1. The summed E-state index contributed by atoms with van der Waals surface area (Å²) in [4.78, 5) is 30.0. The molecule has 4 heterocycles. The van der Waals surface area contributed by atoms with Crippen LogP contribution >= 0.6 is 0 Å². The zero-order valence-corrected chi connectivity index (χ0v) is 33.2. The number of hydrogen-bond acceptors (Lipinski definition) is 6. The predicted octanol–water partition coefficient (Wildman–Crippen LogP) is 13.5. The van der Waals surface area contributed by atoms with E-state index in [9.17, 15) is 0 Å². The highest BCUT2D eigenvalue weighted by molar-refractivity contribution is 6.05. The molecule has 0 aliphatic rings. The van der Waals surface area contributed by atoms with Crippen molar-refractivity contribution < 1.29 is 0 Å². The van der Waals surface area contributed by atoms with Crippen LogP contribution in [0.4, 0.5) is 0 Å². The molecular formula is C55H36N6. The van der Waals surface area contributed by atoms with Gasteiger partial charge < -0.3 is 0 Å². The molecule has 0 fully saturated rings. The van der Waals surface area contributed by atoms with E-state index in [0.717, 1.165) is 99.6 Å². The lowest BCUT2D eigenvalue weighted by molar-refractivity contribution is 1.07. The van der Waals surface area contributed by atoms with Crippen molar-refractivity contribution in [3.63, 3.8) is 0 Å². The molecule has 4 aromatic heterocycles. The summed E-state index contributed by atoms with van der Waals surface area (Å²) in [6.07, 6.45) is 3.74. The molecule has 0 radical (unpaired) electrons. The van der Waals surface area contributed by atoms with E-state index in [2.05, 4.69) is 151 Å². The molecule has 0 unspecified atom stereocenters. The summed E-state index contributed by atoms with van der Waals surface area (Å²) in [6.45, 7) is 2.15. The van der Waals surface area contributed by atoms with Crippen LogP contribution < -0.4 is 0 Å². The molecule has 0 amide bonds. The maximum atomic E-state index is 5.29. The van der Waals surface area contributed by atoms with Crippen LogP contribution in [0.2, 0.25) is 0 Å². The molecule has 0 aliphatic carbocycles. The molecule has 0 aliphatic heterocycles. The van der Waals surface area contributed by atoms with Gasteiger partial charge in [-0.15, -0.1) is 0 Å². The summed E-state index contributed by atoms with van der Waals surface area (Å²) in [5.74, 6) is 1.82. The van der Waals surface area contributed by atoms with Crippen LogP contribution in [0.25, 0.3) is 112 Å². The first-order valence-electron chi connectivity index (χ1n) is 20.3. The molecule has 6 heteroatoms. The lowest BCUT2D eigenvalue weighted by atomic mass is 9.97. The predicted molar refractivity (Wildman–Crippen MR) is 249 cm³/mol. The van der Waals surface area contributed by atoms with E-state index in [0.29, 0.717) is 17.5 Å². The third-order valence-electron chi connectivity index (χ3n) is 11.3. The molecule has 0 saturated carbocycles. The van der Waals surface area contributed by atoms with Gasteiger partial charge in [0.1, 0.15) is 0 Å². The molecular weight excluding hydrogens is 745 g/mol. The molecule has 7 aromatic carbocycles.